The quantitative estimate of drug-likeness (QED) is 0.730. The largest absolute Gasteiger partial charge is 0.310 e. The molecular formula is C10H19N3. The van der Waals surface area contributed by atoms with Gasteiger partial charge in [0.05, 0.1) is 6.20 Å². The predicted molar refractivity (Wildman–Crippen MR) is 54.5 cm³/mol. The minimum absolute atomic E-state index is 0.396. The zero-order valence-corrected chi connectivity index (χ0v) is 8.67. The van der Waals surface area contributed by atoms with E-state index >= 15 is 0 Å². The van der Waals surface area contributed by atoms with Crippen LogP contribution in [0.25, 0.3) is 0 Å². The van der Waals surface area contributed by atoms with Gasteiger partial charge in [0.25, 0.3) is 0 Å². The molecule has 0 aliphatic rings. The van der Waals surface area contributed by atoms with Crippen molar-refractivity contribution in [1.82, 2.24) is 15.5 Å². The Bertz CT molecular complexity index is 218. The second-order valence-corrected chi connectivity index (χ2v) is 3.67. The molecule has 0 aromatic carbocycles. The van der Waals surface area contributed by atoms with E-state index in [1.54, 1.807) is 0 Å². The molecule has 0 radical (unpaired) electrons. The molecule has 0 amide bonds. The minimum Gasteiger partial charge on any atom is -0.310 e. The van der Waals surface area contributed by atoms with Crippen LogP contribution in [-0.4, -0.2) is 16.7 Å². The number of H-pyrrole nitrogens is 1. The Morgan fingerprint density at radius 2 is 2.31 bits per heavy atom. The van der Waals surface area contributed by atoms with E-state index in [9.17, 15) is 0 Å². The van der Waals surface area contributed by atoms with E-state index in [-0.39, 0.29) is 0 Å². The standard InChI is InChI=1S/C10H19N3/c1-4-8(2)5-11-9(3)10-6-12-13-7-10/h6-9,11H,4-5H2,1-3H3,(H,12,13). The third kappa shape index (κ3) is 3.19. The topological polar surface area (TPSA) is 40.7 Å². The summed E-state index contributed by atoms with van der Waals surface area (Å²) in [5.41, 5.74) is 1.23. The van der Waals surface area contributed by atoms with Gasteiger partial charge >= 0.3 is 0 Å². The van der Waals surface area contributed by atoms with Crippen molar-refractivity contribution in [2.24, 2.45) is 5.92 Å². The van der Waals surface area contributed by atoms with Crippen LogP contribution >= 0.6 is 0 Å². The number of aromatic amines is 1. The molecule has 0 saturated heterocycles. The lowest BCUT2D eigenvalue weighted by Gasteiger charge is -2.15. The zero-order chi connectivity index (χ0) is 9.68. The molecule has 0 spiro atoms. The smallest absolute Gasteiger partial charge is 0.0534 e. The zero-order valence-electron chi connectivity index (χ0n) is 8.67. The Balaban J connectivity index is 2.30. The van der Waals surface area contributed by atoms with Crippen molar-refractivity contribution < 1.29 is 0 Å². The van der Waals surface area contributed by atoms with Crippen LogP contribution in [0, 0.1) is 5.92 Å². The summed E-state index contributed by atoms with van der Waals surface area (Å²) in [6.45, 7) is 7.71. The van der Waals surface area contributed by atoms with E-state index in [2.05, 4.69) is 36.3 Å². The van der Waals surface area contributed by atoms with Gasteiger partial charge in [0, 0.05) is 17.8 Å². The summed E-state index contributed by atoms with van der Waals surface area (Å²) >= 11 is 0. The summed E-state index contributed by atoms with van der Waals surface area (Å²) in [7, 11) is 0. The van der Waals surface area contributed by atoms with E-state index in [4.69, 9.17) is 0 Å². The molecule has 1 rings (SSSR count). The van der Waals surface area contributed by atoms with Crippen molar-refractivity contribution in [3.8, 4) is 0 Å². The average molecular weight is 181 g/mol. The molecule has 0 saturated carbocycles. The van der Waals surface area contributed by atoms with Crippen LogP contribution in [-0.2, 0) is 0 Å². The van der Waals surface area contributed by atoms with Gasteiger partial charge in [0.2, 0.25) is 0 Å². The Hall–Kier alpha value is -0.830. The van der Waals surface area contributed by atoms with Crippen molar-refractivity contribution in [1.29, 1.82) is 0 Å². The highest BCUT2D eigenvalue weighted by Crippen LogP contribution is 2.10. The van der Waals surface area contributed by atoms with Crippen LogP contribution in [0.3, 0.4) is 0 Å². The molecule has 0 aliphatic heterocycles. The van der Waals surface area contributed by atoms with Gasteiger partial charge in [-0.05, 0) is 19.4 Å². The molecule has 13 heavy (non-hydrogen) atoms. The van der Waals surface area contributed by atoms with Crippen LogP contribution in [0.15, 0.2) is 12.4 Å². The third-order valence-corrected chi connectivity index (χ3v) is 2.49. The highest BCUT2D eigenvalue weighted by molar-refractivity contribution is 5.07. The average Bonchev–Trinajstić information content (AvgIpc) is 2.66. The van der Waals surface area contributed by atoms with Gasteiger partial charge in [-0.15, -0.1) is 0 Å². The van der Waals surface area contributed by atoms with Crippen LogP contribution in [0.5, 0.6) is 0 Å². The summed E-state index contributed by atoms with van der Waals surface area (Å²) in [5.74, 6) is 0.745. The van der Waals surface area contributed by atoms with Gasteiger partial charge in [0.1, 0.15) is 0 Å². The molecular weight excluding hydrogens is 162 g/mol. The second kappa shape index (κ2) is 5.02. The van der Waals surface area contributed by atoms with Crippen molar-refractivity contribution in [2.45, 2.75) is 33.2 Å². The van der Waals surface area contributed by atoms with Crippen molar-refractivity contribution in [2.75, 3.05) is 6.54 Å². The van der Waals surface area contributed by atoms with Crippen molar-refractivity contribution in [3.63, 3.8) is 0 Å². The summed E-state index contributed by atoms with van der Waals surface area (Å²) < 4.78 is 0. The Morgan fingerprint density at radius 1 is 1.54 bits per heavy atom. The fourth-order valence-electron chi connectivity index (χ4n) is 1.14. The van der Waals surface area contributed by atoms with Gasteiger partial charge in [-0.3, -0.25) is 5.10 Å². The lowest BCUT2D eigenvalue weighted by Crippen LogP contribution is -2.23. The number of aromatic nitrogens is 2. The molecule has 2 unspecified atom stereocenters. The third-order valence-electron chi connectivity index (χ3n) is 2.49. The van der Waals surface area contributed by atoms with Crippen LogP contribution in [0.1, 0.15) is 38.8 Å². The maximum atomic E-state index is 3.93. The van der Waals surface area contributed by atoms with Gasteiger partial charge in [-0.1, -0.05) is 20.3 Å². The van der Waals surface area contributed by atoms with E-state index in [1.165, 1.54) is 12.0 Å². The molecule has 1 aromatic rings. The molecule has 0 bridgehead atoms. The summed E-state index contributed by atoms with van der Waals surface area (Å²) in [6, 6.07) is 0.396. The molecule has 1 aromatic heterocycles. The summed E-state index contributed by atoms with van der Waals surface area (Å²) in [5, 5.41) is 10.2. The number of nitrogens with zero attached hydrogens (tertiary/aromatic N) is 1. The molecule has 3 nitrogen and oxygen atoms in total. The monoisotopic (exact) mass is 181 g/mol. The minimum atomic E-state index is 0.396. The molecule has 0 fully saturated rings. The van der Waals surface area contributed by atoms with Crippen LogP contribution < -0.4 is 5.32 Å². The Kier molecular flexibility index (Phi) is 3.96. The molecule has 1 heterocycles. The van der Waals surface area contributed by atoms with E-state index in [0.29, 0.717) is 6.04 Å². The van der Waals surface area contributed by atoms with Crippen molar-refractivity contribution >= 4 is 0 Å². The number of hydrogen-bond acceptors (Lipinski definition) is 2. The van der Waals surface area contributed by atoms with E-state index in [0.717, 1.165) is 12.5 Å². The molecule has 3 heteroatoms. The van der Waals surface area contributed by atoms with Gasteiger partial charge in [-0.2, -0.15) is 5.10 Å². The maximum Gasteiger partial charge on any atom is 0.0534 e. The van der Waals surface area contributed by atoms with Crippen LogP contribution in [0.2, 0.25) is 0 Å². The lowest BCUT2D eigenvalue weighted by atomic mass is 10.1. The first-order chi connectivity index (χ1) is 6.24. The first kappa shape index (κ1) is 10.3. The number of rotatable bonds is 5. The number of hydrogen-bond donors (Lipinski definition) is 2. The summed E-state index contributed by atoms with van der Waals surface area (Å²) in [6.07, 6.45) is 5.04. The van der Waals surface area contributed by atoms with Gasteiger partial charge in [0.15, 0.2) is 0 Å². The molecule has 74 valence electrons. The van der Waals surface area contributed by atoms with Crippen molar-refractivity contribution in [3.05, 3.63) is 18.0 Å². The fraction of sp³-hybridized carbons (Fsp3) is 0.700. The molecule has 2 N–H and O–H groups in total. The second-order valence-electron chi connectivity index (χ2n) is 3.67. The highest BCUT2D eigenvalue weighted by Gasteiger charge is 2.06. The first-order valence-electron chi connectivity index (χ1n) is 4.96. The Morgan fingerprint density at radius 3 is 2.85 bits per heavy atom. The molecule has 2 atom stereocenters. The fourth-order valence-corrected chi connectivity index (χ4v) is 1.14. The normalized spacial score (nSPS) is 15.6. The lowest BCUT2D eigenvalue weighted by molar-refractivity contribution is 0.461. The van der Waals surface area contributed by atoms with Gasteiger partial charge in [-0.25, -0.2) is 0 Å². The maximum absolute atomic E-state index is 3.93. The van der Waals surface area contributed by atoms with E-state index < -0.39 is 0 Å². The first-order valence-corrected chi connectivity index (χ1v) is 4.96. The number of nitrogens with one attached hydrogen (secondary N) is 2. The predicted octanol–water partition coefficient (Wildman–Crippen LogP) is 2.11. The Labute approximate surface area is 79.9 Å². The molecule has 0 aliphatic carbocycles. The summed E-state index contributed by atoms with van der Waals surface area (Å²) in [4.78, 5) is 0. The van der Waals surface area contributed by atoms with Crippen LogP contribution in [0.4, 0.5) is 0 Å². The van der Waals surface area contributed by atoms with Gasteiger partial charge < -0.3 is 5.32 Å². The van der Waals surface area contributed by atoms with E-state index in [1.807, 2.05) is 12.4 Å². The highest BCUT2D eigenvalue weighted by atomic mass is 15.1. The SMILES string of the molecule is CCC(C)CNC(C)c1cn[nH]c1.